The summed E-state index contributed by atoms with van der Waals surface area (Å²) in [5.74, 6) is -0.802. The van der Waals surface area contributed by atoms with Crippen molar-refractivity contribution in [3.8, 4) is 0 Å². The molecule has 0 amide bonds. The monoisotopic (exact) mass is 250 g/mol. The van der Waals surface area contributed by atoms with Crippen molar-refractivity contribution in [2.45, 2.75) is 25.4 Å². The third-order valence-electron chi connectivity index (χ3n) is 3.14. The molecule has 5 heteroatoms. The summed E-state index contributed by atoms with van der Waals surface area (Å²) in [6.07, 6.45) is 5.77. The normalized spacial score (nSPS) is 16.8. The average Bonchev–Trinajstić information content (AvgIpc) is 2.40. The number of carboxylic acid groups (broad SMARTS) is 1. The Kier molecular flexibility index (Phi) is 4.52. The maximum Gasteiger partial charge on any atom is 0.305 e. The zero-order valence-electron chi connectivity index (χ0n) is 10.3. The summed E-state index contributed by atoms with van der Waals surface area (Å²) in [4.78, 5) is 16.7. The smallest absolute Gasteiger partial charge is 0.305 e. The summed E-state index contributed by atoms with van der Waals surface area (Å²) in [6.45, 7) is 2.21. The molecule has 0 bridgehead atoms. The van der Waals surface area contributed by atoms with E-state index < -0.39 is 5.97 Å². The number of hydrogen-bond acceptors (Lipinski definition) is 4. The molecule has 0 unspecified atom stereocenters. The Hall–Kier alpha value is -1.62. The van der Waals surface area contributed by atoms with Gasteiger partial charge in [0.15, 0.2) is 0 Å². The summed E-state index contributed by atoms with van der Waals surface area (Å²) in [7, 11) is 0. The minimum atomic E-state index is -0.802. The lowest BCUT2D eigenvalue weighted by atomic mass is 10.1. The Labute approximate surface area is 106 Å². The van der Waals surface area contributed by atoms with Gasteiger partial charge in [0.1, 0.15) is 0 Å². The van der Waals surface area contributed by atoms with Crippen LogP contribution >= 0.6 is 0 Å². The molecule has 0 spiro atoms. The minimum absolute atomic E-state index is 0.0879. The Morgan fingerprint density at radius 2 is 2.06 bits per heavy atom. The number of hydrogen-bond donors (Lipinski definition) is 1. The maximum absolute atomic E-state index is 10.4. The number of ether oxygens (including phenoxy) is 1. The van der Waals surface area contributed by atoms with Gasteiger partial charge in [0.25, 0.3) is 0 Å². The van der Waals surface area contributed by atoms with Crippen molar-refractivity contribution in [1.29, 1.82) is 0 Å². The number of carboxylic acids is 1. The van der Waals surface area contributed by atoms with Crippen LogP contribution in [-0.2, 0) is 9.53 Å². The molecule has 18 heavy (non-hydrogen) atoms. The van der Waals surface area contributed by atoms with Crippen LogP contribution in [0.25, 0.3) is 0 Å². The van der Waals surface area contributed by atoms with E-state index in [1.807, 2.05) is 12.1 Å². The van der Waals surface area contributed by atoms with Gasteiger partial charge in [-0.1, -0.05) is 0 Å². The molecule has 0 aromatic carbocycles. The summed E-state index contributed by atoms with van der Waals surface area (Å²) >= 11 is 0. The summed E-state index contributed by atoms with van der Waals surface area (Å²) < 4.78 is 5.56. The molecule has 0 aliphatic carbocycles. The quantitative estimate of drug-likeness (QED) is 0.859. The van der Waals surface area contributed by atoms with Crippen LogP contribution in [0.2, 0.25) is 0 Å². The largest absolute Gasteiger partial charge is 0.481 e. The van der Waals surface area contributed by atoms with Gasteiger partial charge in [-0.25, -0.2) is 0 Å². The first kappa shape index (κ1) is 12.8. The fourth-order valence-corrected chi connectivity index (χ4v) is 2.15. The standard InChI is InChI=1S/C13H18N2O3/c16-13(17)5-10-18-12-3-8-15(9-4-12)11-1-6-14-7-2-11/h1-2,6-7,12H,3-5,8-10H2,(H,16,17). The molecule has 0 saturated carbocycles. The van der Waals surface area contributed by atoms with Gasteiger partial charge in [-0.3, -0.25) is 9.78 Å². The molecule has 2 heterocycles. The van der Waals surface area contributed by atoms with Crippen LogP contribution in [0.4, 0.5) is 5.69 Å². The van der Waals surface area contributed by atoms with Crippen LogP contribution in [0.1, 0.15) is 19.3 Å². The van der Waals surface area contributed by atoms with Gasteiger partial charge in [-0.2, -0.15) is 0 Å². The van der Waals surface area contributed by atoms with Crippen LogP contribution in [-0.4, -0.2) is 41.9 Å². The van der Waals surface area contributed by atoms with E-state index in [1.165, 1.54) is 5.69 Å². The molecule has 1 aromatic rings. The van der Waals surface area contributed by atoms with E-state index in [1.54, 1.807) is 12.4 Å². The van der Waals surface area contributed by atoms with Crippen molar-refractivity contribution >= 4 is 11.7 Å². The SMILES string of the molecule is O=C(O)CCOC1CCN(c2ccncc2)CC1. The molecule has 1 fully saturated rings. The van der Waals surface area contributed by atoms with Gasteiger partial charge in [0.05, 0.1) is 19.1 Å². The van der Waals surface area contributed by atoms with E-state index in [2.05, 4.69) is 9.88 Å². The number of carbonyl (C=O) groups is 1. The Morgan fingerprint density at radius 1 is 1.39 bits per heavy atom. The highest BCUT2D eigenvalue weighted by Crippen LogP contribution is 2.20. The van der Waals surface area contributed by atoms with E-state index in [0.29, 0.717) is 6.61 Å². The molecule has 1 N–H and O–H groups in total. The second-order valence-electron chi connectivity index (χ2n) is 4.41. The Bertz CT molecular complexity index is 375. The number of piperidine rings is 1. The van der Waals surface area contributed by atoms with E-state index in [9.17, 15) is 4.79 Å². The second kappa shape index (κ2) is 6.35. The molecule has 0 atom stereocenters. The number of rotatable bonds is 5. The summed E-state index contributed by atoms with van der Waals surface area (Å²) in [5, 5.41) is 8.54. The van der Waals surface area contributed by atoms with Gasteiger partial charge in [0, 0.05) is 31.2 Å². The van der Waals surface area contributed by atoms with E-state index in [0.717, 1.165) is 25.9 Å². The lowest BCUT2D eigenvalue weighted by Crippen LogP contribution is -2.37. The highest BCUT2D eigenvalue weighted by atomic mass is 16.5. The lowest BCUT2D eigenvalue weighted by Gasteiger charge is -2.33. The van der Waals surface area contributed by atoms with Crippen molar-refractivity contribution < 1.29 is 14.6 Å². The number of pyridine rings is 1. The third-order valence-corrected chi connectivity index (χ3v) is 3.14. The van der Waals surface area contributed by atoms with Gasteiger partial charge in [0.2, 0.25) is 0 Å². The third kappa shape index (κ3) is 3.70. The van der Waals surface area contributed by atoms with Gasteiger partial charge >= 0.3 is 5.97 Å². The first-order chi connectivity index (χ1) is 8.75. The first-order valence-corrected chi connectivity index (χ1v) is 6.24. The highest BCUT2D eigenvalue weighted by Gasteiger charge is 2.19. The zero-order valence-corrected chi connectivity index (χ0v) is 10.3. The van der Waals surface area contributed by atoms with Crippen LogP contribution in [0.15, 0.2) is 24.5 Å². The molecular weight excluding hydrogens is 232 g/mol. The number of nitrogens with zero attached hydrogens (tertiary/aromatic N) is 2. The average molecular weight is 250 g/mol. The molecule has 2 rings (SSSR count). The topological polar surface area (TPSA) is 62.7 Å². The van der Waals surface area contributed by atoms with Gasteiger partial charge in [-0.05, 0) is 25.0 Å². The number of aliphatic carboxylic acids is 1. The van der Waals surface area contributed by atoms with Crippen LogP contribution in [0, 0.1) is 0 Å². The van der Waals surface area contributed by atoms with E-state index in [-0.39, 0.29) is 12.5 Å². The first-order valence-electron chi connectivity index (χ1n) is 6.24. The molecule has 5 nitrogen and oxygen atoms in total. The Balaban J connectivity index is 1.73. The zero-order chi connectivity index (χ0) is 12.8. The molecule has 1 aliphatic heterocycles. The van der Waals surface area contributed by atoms with Crippen molar-refractivity contribution in [2.75, 3.05) is 24.6 Å². The van der Waals surface area contributed by atoms with Gasteiger partial charge < -0.3 is 14.7 Å². The van der Waals surface area contributed by atoms with Crippen molar-refractivity contribution in [1.82, 2.24) is 4.98 Å². The predicted octanol–water partition coefficient (Wildman–Crippen LogP) is 1.54. The molecule has 1 aliphatic rings. The summed E-state index contributed by atoms with van der Waals surface area (Å²) in [6, 6.07) is 4.01. The fraction of sp³-hybridized carbons (Fsp3) is 0.538. The molecule has 98 valence electrons. The predicted molar refractivity (Wildman–Crippen MR) is 67.7 cm³/mol. The van der Waals surface area contributed by atoms with Crippen LogP contribution in [0.3, 0.4) is 0 Å². The number of aromatic nitrogens is 1. The van der Waals surface area contributed by atoms with Crippen molar-refractivity contribution in [3.63, 3.8) is 0 Å². The maximum atomic E-state index is 10.4. The highest BCUT2D eigenvalue weighted by molar-refractivity contribution is 5.66. The van der Waals surface area contributed by atoms with Gasteiger partial charge in [-0.15, -0.1) is 0 Å². The van der Waals surface area contributed by atoms with Crippen LogP contribution in [0.5, 0.6) is 0 Å². The van der Waals surface area contributed by atoms with Crippen molar-refractivity contribution in [3.05, 3.63) is 24.5 Å². The fourth-order valence-electron chi connectivity index (χ4n) is 2.15. The lowest BCUT2D eigenvalue weighted by molar-refractivity contribution is -0.138. The van der Waals surface area contributed by atoms with Crippen LogP contribution < -0.4 is 4.90 Å². The molecule has 1 saturated heterocycles. The summed E-state index contributed by atoms with van der Waals surface area (Å²) in [5.41, 5.74) is 1.19. The molecule has 0 radical (unpaired) electrons. The minimum Gasteiger partial charge on any atom is -0.481 e. The second-order valence-corrected chi connectivity index (χ2v) is 4.41. The van der Waals surface area contributed by atoms with E-state index >= 15 is 0 Å². The van der Waals surface area contributed by atoms with Crippen molar-refractivity contribution in [2.24, 2.45) is 0 Å². The Morgan fingerprint density at radius 3 is 2.67 bits per heavy atom. The van der Waals surface area contributed by atoms with E-state index in [4.69, 9.17) is 9.84 Å². The number of anilines is 1. The molecular formula is C13H18N2O3. The molecule has 1 aromatic heterocycles.